The van der Waals surface area contributed by atoms with Crippen molar-refractivity contribution in [3.8, 4) is 0 Å². The molecule has 1 aliphatic heterocycles. The molecule has 0 saturated heterocycles. The Kier molecular flexibility index (Phi) is 6.47. The number of fused-ring (bicyclic) bond motifs is 1. The number of carbonyl (C=O) groups excluding carboxylic acids is 1. The Balaban J connectivity index is 1.69. The first-order valence-electron chi connectivity index (χ1n) is 11.4. The van der Waals surface area contributed by atoms with E-state index >= 15 is 0 Å². The van der Waals surface area contributed by atoms with Crippen molar-refractivity contribution in [2.45, 2.75) is 64.1 Å². The molecule has 4 rings (SSSR count). The molecule has 1 aromatic heterocycles. The number of anilines is 1. The van der Waals surface area contributed by atoms with Crippen molar-refractivity contribution < 1.29 is 4.79 Å². The second kappa shape index (κ2) is 9.03. The van der Waals surface area contributed by atoms with Crippen LogP contribution >= 0.6 is 23.2 Å². The topological polar surface area (TPSA) is 59.0 Å². The van der Waals surface area contributed by atoms with Crippen LogP contribution in [0, 0.1) is 0 Å². The maximum Gasteiger partial charge on any atom is 0.257 e. The first-order chi connectivity index (χ1) is 15.7. The van der Waals surface area contributed by atoms with Crippen LogP contribution in [0.4, 0.5) is 5.82 Å². The van der Waals surface area contributed by atoms with E-state index < -0.39 is 5.54 Å². The van der Waals surface area contributed by atoms with Gasteiger partial charge in [-0.2, -0.15) is 5.10 Å². The Labute approximate surface area is 205 Å². The number of carbonyl (C=O) groups is 1. The number of benzene rings is 2. The van der Waals surface area contributed by atoms with Gasteiger partial charge in [-0.25, -0.2) is 4.68 Å². The summed E-state index contributed by atoms with van der Waals surface area (Å²) in [6, 6.07) is 15.8. The standard InChI is InChI=1S/C26H30Cl2N4O/c1-5-26(6-2,20-13-12-18(27)14-21(20)28)31-24(33)19-16-29-32-23(19)30-22(15-25(32,3)4)17-10-8-7-9-11-17/h7-14,16,22,30H,5-6,15H2,1-4H3,(H,31,33). The molecule has 174 valence electrons. The third-order valence-electron chi connectivity index (χ3n) is 6.81. The number of nitrogens with zero attached hydrogens (tertiary/aromatic N) is 2. The van der Waals surface area contributed by atoms with Crippen molar-refractivity contribution in [2.75, 3.05) is 5.32 Å². The normalized spacial score (nSPS) is 17.2. The third kappa shape index (κ3) is 4.36. The predicted molar refractivity (Wildman–Crippen MR) is 135 cm³/mol. The van der Waals surface area contributed by atoms with E-state index in [-0.39, 0.29) is 17.5 Å². The van der Waals surface area contributed by atoms with Gasteiger partial charge in [0.25, 0.3) is 5.91 Å². The number of aromatic nitrogens is 2. The fraction of sp³-hybridized carbons (Fsp3) is 0.385. The summed E-state index contributed by atoms with van der Waals surface area (Å²) < 4.78 is 1.93. The minimum Gasteiger partial charge on any atom is -0.363 e. The first-order valence-corrected chi connectivity index (χ1v) is 12.1. The van der Waals surface area contributed by atoms with Crippen LogP contribution in [0.1, 0.15) is 74.5 Å². The minimum absolute atomic E-state index is 0.0877. The van der Waals surface area contributed by atoms with Gasteiger partial charge in [0.2, 0.25) is 0 Å². The Morgan fingerprint density at radius 2 is 1.88 bits per heavy atom. The van der Waals surface area contributed by atoms with Gasteiger partial charge in [-0.05, 0) is 56.4 Å². The molecule has 3 aromatic rings. The first kappa shape index (κ1) is 23.7. The molecule has 2 N–H and O–H groups in total. The maximum absolute atomic E-state index is 13.6. The van der Waals surface area contributed by atoms with Gasteiger partial charge in [0, 0.05) is 10.0 Å². The molecule has 1 aliphatic rings. The Morgan fingerprint density at radius 3 is 2.52 bits per heavy atom. The molecule has 1 unspecified atom stereocenters. The quantitative estimate of drug-likeness (QED) is 0.398. The predicted octanol–water partition coefficient (Wildman–Crippen LogP) is 6.93. The van der Waals surface area contributed by atoms with Gasteiger partial charge in [-0.1, -0.05) is 73.4 Å². The SMILES string of the molecule is CCC(CC)(NC(=O)c1cnn2c1NC(c1ccccc1)CC2(C)C)c1ccc(Cl)cc1Cl. The molecule has 0 bridgehead atoms. The smallest absolute Gasteiger partial charge is 0.257 e. The van der Waals surface area contributed by atoms with E-state index in [9.17, 15) is 4.79 Å². The van der Waals surface area contributed by atoms with Crippen LogP contribution in [0.25, 0.3) is 0 Å². The number of hydrogen-bond acceptors (Lipinski definition) is 3. The summed E-state index contributed by atoms with van der Waals surface area (Å²) in [7, 11) is 0. The molecule has 0 radical (unpaired) electrons. The van der Waals surface area contributed by atoms with E-state index in [0.717, 1.165) is 17.8 Å². The van der Waals surface area contributed by atoms with Crippen LogP contribution in [0.5, 0.6) is 0 Å². The van der Waals surface area contributed by atoms with Crippen molar-refractivity contribution >= 4 is 34.9 Å². The molecule has 0 saturated carbocycles. The summed E-state index contributed by atoms with van der Waals surface area (Å²) in [5, 5.41) is 12.6. The Morgan fingerprint density at radius 1 is 1.18 bits per heavy atom. The largest absolute Gasteiger partial charge is 0.363 e. The summed E-state index contributed by atoms with van der Waals surface area (Å²) in [6.45, 7) is 8.40. The second-order valence-electron chi connectivity index (χ2n) is 9.31. The van der Waals surface area contributed by atoms with E-state index in [1.54, 1.807) is 12.3 Å². The van der Waals surface area contributed by atoms with E-state index in [0.29, 0.717) is 28.5 Å². The van der Waals surface area contributed by atoms with Crippen molar-refractivity contribution in [1.29, 1.82) is 0 Å². The van der Waals surface area contributed by atoms with Crippen LogP contribution in [-0.4, -0.2) is 15.7 Å². The summed E-state index contributed by atoms with van der Waals surface area (Å²) in [6.07, 6.45) is 3.89. The minimum atomic E-state index is -0.614. The molecular formula is C26H30Cl2N4O. The van der Waals surface area contributed by atoms with Crippen LogP contribution in [0.15, 0.2) is 54.7 Å². The number of amides is 1. The summed E-state index contributed by atoms with van der Waals surface area (Å²) in [5.41, 5.74) is 1.72. The Hall–Kier alpha value is -2.50. The molecule has 7 heteroatoms. The lowest BCUT2D eigenvalue weighted by molar-refractivity contribution is 0.0890. The molecular weight excluding hydrogens is 455 g/mol. The van der Waals surface area contributed by atoms with Gasteiger partial charge in [-0.15, -0.1) is 0 Å². The summed E-state index contributed by atoms with van der Waals surface area (Å²) in [5.74, 6) is 0.559. The lowest BCUT2D eigenvalue weighted by Gasteiger charge is -2.39. The third-order valence-corrected chi connectivity index (χ3v) is 7.36. The average molecular weight is 485 g/mol. The number of hydrogen-bond donors (Lipinski definition) is 2. The van der Waals surface area contributed by atoms with Crippen LogP contribution in [0.2, 0.25) is 10.0 Å². The fourth-order valence-electron chi connectivity index (χ4n) is 4.84. The molecule has 2 heterocycles. The fourth-order valence-corrected chi connectivity index (χ4v) is 5.43. The molecule has 1 amide bonds. The van der Waals surface area contributed by atoms with Gasteiger partial charge in [0.05, 0.1) is 23.3 Å². The van der Waals surface area contributed by atoms with E-state index in [1.807, 2.05) is 35.0 Å². The molecule has 0 fully saturated rings. The highest BCUT2D eigenvalue weighted by molar-refractivity contribution is 6.35. The summed E-state index contributed by atoms with van der Waals surface area (Å²) in [4.78, 5) is 13.6. The van der Waals surface area contributed by atoms with Gasteiger partial charge in [0.1, 0.15) is 11.4 Å². The molecule has 1 atom stereocenters. The Bertz CT molecular complexity index is 1150. The van der Waals surface area contributed by atoms with Gasteiger partial charge in [-0.3, -0.25) is 4.79 Å². The van der Waals surface area contributed by atoms with Crippen LogP contribution in [-0.2, 0) is 11.1 Å². The number of rotatable bonds is 6. The van der Waals surface area contributed by atoms with Crippen molar-refractivity contribution in [3.05, 3.63) is 81.5 Å². The van der Waals surface area contributed by atoms with Gasteiger partial charge < -0.3 is 10.6 Å². The zero-order valence-electron chi connectivity index (χ0n) is 19.5. The lowest BCUT2D eigenvalue weighted by Crippen LogP contribution is -2.45. The zero-order valence-corrected chi connectivity index (χ0v) is 21.0. The van der Waals surface area contributed by atoms with Gasteiger partial charge in [0.15, 0.2) is 0 Å². The van der Waals surface area contributed by atoms with E-state index in [4.69, 9.17) is 23.2 Å². The highest BCUT2D eigenvalue weighted by atomic mass is 35.5. The van der Waals surface area contributed by atoms with E-state index in [2.05, 4.69) is 55.6 Å². The molecule has 33 heavy (non-hydrogen) atoms. The van der Waals surface area contributed by atoms with Crippen LogP contribution in [0.3, 0.4) is 0 Å². The average Bonchev–Trinajstić information content (AvgIpc) is 3.23. The maximum atomic E-state index is 13.6. The highest BCUT2D eigenvalue weighted by Crippen LogP contribution is 2.41. The zero-order chi connectivity index (χ0) is 23.8. The van der Waals surface area contributed by atoms with Crippen molar-refractivity contribution in [1.82, 2.24) is 15.1 Å². The number of halogens is 2. The molecule has 0 aliphatic carbocycles. The van der Waals surface area contributed by atoms with E-state index in [1.165, 1.54) is 5.56 Å². The van der Waals surface area contributed by atoms with Crippen molar-refractivity contribution in [2.24, 2.45) is 0 Å². The highest BCUT2D eigenvalue weighted by Gasteiger charge is 2.38. The lowest BCUT2D eigenvalue weighted by atomic mass is 9.84. The monoisotopic (exact) mass is 484 g/mol. The second-order valence-corrected chi connectivity index (χ2v) is 10.2. The number of nitrogens with one attached hydrogen (secondary N) is 2. The molecule has 2 aromatic carbocycles. The van der Waals surface area contributed by atoms with Gasteiger partial charge >= 0.3 is 0 Å². The molecule has 5 nitrogen and oxygen atoms in total. The van der Waals surface area contributed by atoms with Crippen molar-refractivity contribution in [3.63, 3.8) is 0 Å². The molecule has 0 spiro atoms. The summed E-state index contributed by atoms with van der Waals surface area (Å²) >= 11 is 12.7. The van der Waals surface area contributed by atoms with Crippen LogP contribution < -0.4 is 10.6 Å².